The number of hydrogen-bond acceptors (Lipinski definition) is 6. The Kier molecular flexibility index (Phi) is 10.3. The summed E-state index contributed by atoms with van der Waals surface area (Å²) in [6.07, 6.45) is 0. The number of carboxylic acid groups (broad SMARTS) is 2. The maximum absolute atomic E-state index is 11.7. The quantitative estimate of drug-likeness (QED) is 0.157. The predicted molar refractivity (Wildman–Crippen MR) is 173 cm³/mol. The van der Waals surface area contributed by atoms with Gasteiger partial charge in [-0.25, -0.2) is 9.59 Å². The van der Waals surface area contributed by atoms with Crippen molar-refractivity contribution in [3.05, 3.63) is 169 Å². The molecule has 0 unspecified atom stereocenters. The third-order valence-electron chi connectivity index (χ3n) is 6.29. The Morgan fingerprint density at radius 1 is 0.326 bits per heavy atom. The van der Waals surface area contributed by atoms with Gasteiger partial charge >= 0.3 is 11.9 Å². The minimum absolute atomic E-state index is 0.0137. The second-order valence-corrected chi connectivity index (χ2v) is 9.53. The molecule has 8 nitrogen and oxygen atoms in total. The Hall–Kier alpha value is -6.54. The molecule has 0 atom stereocenters. The molecular formula is C38H28O8. The van der Waals surface area contributed by atoms with Crippen molar-refractivity contribution in [3.63, 3.8) is 0 Å². The Morgan fingerprint density at radius 3 is 0.739 bits per heavy atom. The summed E-state index contributed by atoms with van der Waals surface area (Å²) in [5, 5.41) is 19.1. The van der Waals surface area contributed by atoms with Gasteiger partial charge in [0.2, 0.25) is 0 Å². The third-order valence-corrected chi connectivity index (χ3v) is 6.29. The molecule has 2 N–H and O–H groups in total. The molecule has 0 fully saturated rings. The van der Waals surface area contributed by atoms with Crippen LogP contribution >= 0.6 is 0 Å². The number of carbonyl (C=O) groups is 2. The van der Waals surface area contributed by atoms with Crippen LogP contribution in [0.3, 0.4) is 0 Å². The fourth-order valence-electron chi connectivity index (χ4n) is 4.25. The molecule has 0 amide bonds. The summed E-state index contributed by atoms with van der Waals surface area (Å²) >= 11 is 0. The van der Waals surface area contributed by atoms with E-state index in [2.05, 4.69) is 0 Å². The highest BCUT2D eigenvalue weighted by molar-refractivity contribution is 5.95. The summed E-state index contributed by atoms with van der Waals surface area (Å²) in [6.45, 7) is 0. The zero-order valence-electron chi connectivity index (χ0n) is 24.4. The van der Waals surface area contributed by atoms with Crippen molar-refractivity contribution in [2.75, 3.05) is 0 Å². The van der Waals surface area contributed by atoms with E-state index in [0.29, 0.717) is 23.0 Å². The molecule has 6 aromatic rings. The van der Waals surface area contributed by atoms with Crippen molar-refractivity contribution in [2.45, 2.75) is 0 Å². The highest BCUT2D eigenvalue weighted by atomic mass is 16.5. The fraction of sp³-hybridized carbons (Fsp3) is 0. The molecule has 46 heavy (non-hydrogen) atoms. The lowest BCUT2D eigenvalue weighted by Gasteiger charge is -2.13. The van der Waals surface area contributed by atoms with E-state index in [1.54, 1.807) is 84.9 Å². The summed E-state index contributed by atoms with van der Waals surface area (Å²) in [5.74, 6) is 0.964. The van der Waals surface area contributed by atoms with Crippen LogP contribution in [0.15, 0.2) is 158 Å². The van der Waals surface area contributed by atoms with Gasteiger partial charge in [0.1, 0.15) is 57.1 Å². The van der Waals surface area contributed by atoms with Gasteiger partial charge in [0.15, 0.2) is 0 Å². The number of benzene rings is 6. The van der Waals surface area contributed by atoms with Crippen molar-refractivity contribution in [1.82, 2.24) is 0 Å². The van der Waals surface area contributed by atoms with E-state index in [4.69, 9.17) is 18.9 Å². The van der Waals surface area contributed by atoms with Gasteiger partial charge < -0.3 is 29.2 Å². The number of para-hydroxylation sites is 4. The zero-order chi connectivity index (χ0) is 32.1. The van der Waals surface area contributed by atoms with Crippen LogP contribution in [0.5, 0.6) is 46.0 Å². The average molecular weight is 613 g/mol. The van der Waals surface area contributed by atoms with Crippen molar-refractivity contribution < 1.29 is 38.7 Å². The lowest BCUT2D eigenvalue weighted by atomic mass is 10.1. The Morgan fingerprint density at radius 2 is 0.543 bits per heavy atom. The van der Waals surface area contributed by atoms with E-state index >= 15 is 0 Å². The standard InChI is InChI=1S/2C19H14O4/c2*20-19(21)18-16(22-14-8-3-1-4-9-14)12-7-13-17(18)23-15-10-5-2-6-11-15/h2*1-13H,(H,20,21). The minimum atomic E-state index is -1.11. The second-order valence-electron chi connectivity index (χ2n) is 9.53. The number of rotatable bonds is 10. The molecule has 0 saturated heterocycles. The number of carboxylic acids is 2. The van der Waals surface area contributed by atoms with E-state index in [1.165, 1.54) is 0 Å². The van der Waals surface area contributed by atoms with Crippen LogP contribution in [0.4, 0.5) is 0 Å². The van der Waals surface area contributed by atoms with Gasteiger partial charge in [-0.3, -0.25) is 0 Å². The molecule has 0 bridgehead atoms. The summed E-state index contributed by atoms with van der Waals surface area (Å²) in [7, 11) is 0. The largest absolute Gasteiger partial charge is 0.477 e. The molecule has 8 heteroatoms. The van der Waals surface area contributed by atoms with E-state index in [9.17, 15) is 19.8 Å². The highest BCUT2D eigenvalue weighted by Crippen LogP contribution is 2.36. The summed E-state index contributed by atoms with van der Waals surface area (Å²) in [4.78, 5) is 23.3. The van der Waals surface area contributed by atoms with Gasteiger partial charge in [0.05, 0.1) is 0 Å². The molecule has 0 saturated carbocycles. The van der Waals surface area contributed by atoms with Gasteiger partial charge in [0, 0.05) is 0 Å². The number of aromatic carboxylic acids is 2. The van der Waals surface area contributed by atoms with Crippen LogP contribution in [0.1, 0.15) is 20.7 Å². The number of hydrogen-bond donors (Lipinski definition) is 2. The molecule has 0 radical (unpaired) electrons. The van der Waals surface area contributed by atoms with E-state index in [-0.39, 0.29) is 34.1 Å². The SMILES string of the molecule is O=C(O)c1c(Oc2ccccc2)cccc1Oc1ccccc1.O=C(O)c1c(Oc2ccccc2)cccc1Oc1ccccc1. The van der Waals surface area contributed by atoms with E-state index in [1.807, 2.05) is 72.8 Å². The minimum Gasteiger partial charge on any atom is -0.477 e. The summed E-state index contributed by atoms with van der Waals surface area (Å²) < 4.78 is 22.8. The average Bonchev–Trinajstić information content (AvgIpc) is 3.07. The van der Waals surface area contributed by atoms with Crippen molar-refractivity contribution in [1.29, 1.82) is 0 Å². The first-order chi connectivity index (χ1) is 22.5. The van der Waals surface area contributed by atoms with Crippen LogP contribution in [0.2, 0.25) is 0 Å². The van der Waals surface area contributed by atoms with E-state index < -0.39 is 11.9 Å². The molecule has 0 heterocycles. The first-order valence-electron chi connectivity index (χ1n) is 14.1. The van der Waals surface area contributed by atoms with Crippen molar-refractivity contribution in [3.8, 4) is 46.0 Å². The highest BCUT2D eigenvalue weighted by Gasteiger charge is 2.20. The van der Waals surface area contributed by atoms with Crippen LogP contribution in [0, 0.1) is 0 Å². The molecule has 0 aliphatic rings. The van der Waals surface area contributed by atoms with Crippen LogP contribution in [0.25, 0.3) is 0 Å². The topological polar surface area (TPSA) is 112 Å². The maximum Gasteiger partial charge on any atom is 0.343 e. The van der Waals surface area contributed by atoms with Crippen molar-refractivity contribution >= 4 is 11.9 Å². The summed E-state index contributed by atoms with van der Waals surface area (Å²) in [5.41, 5.74) is -0.0274. The van der Waals surface area contributed by atoms with Gasteiger partial charge in [-0.15, -0.1) is 0 Å². The lowest BCUT2D eigenvalue weighted by Crippen LogP contribution is -2.03. The Labute approximate surface area is 265 Å². The Balaban J connectivity index is 0.000000181. The zero-order valence-corrected chi connectivity index (χ0v) is 24.4. The monoisotopic (exact) mass is 612 g/mol. The molecule has 0 aliphatic heterocycles. The normalized spacial score (nSPS) is 10.1. The van der Waals surface area contributed by atoms with Crippen LogP contribution < -0.4 is 18.9 Å². The van der Waals surface area contributed by atoms with E-state index in [0.717, 1.165) is 0 Å². The molecule has 0 spiro atoms. The van der Waals surface area contributed by atoms with Crippen LogP contribution in [-0.4, -0.2) is 22.2 Å². The van der Waals surface area contributed by atoms with Gasteiger partial charge in [0.25, 0.3) is 0 Å². The molecule has 6 aromatic carbocycles. The predicted octanol–water partition coefficient (Wildman–Crippen LogP) is 9.94. The first-order valence-corrected chi connectivity index (χ1v) is 14.1. The molecule has 0 aromatic heterocycles. The molecule has 6 rings (SSSR count). The molecular weight excluding hydrogens is 584 g/mol. The van der Waals surface area contributed by atoms with Crippen LogP contribution in [-0.2, 0) is 0 Å². The first kappa shape index (κ1) is 30.9. The number of ether oxygens (including phenoxy) is 4. The smallest absolute Gasteiger partial charge is 0.343 e. The second kappa shape index (κ2) is 15.3. The summed E-state index contributed by atoms with van der Waals surface area (Å²) in [6, 6.07) is 45.9. The van der Waals surface area contributed by atoms with Gasteiger partial charge in [-0.1, -0.05) is 84.9 Å². The van der Waals surface area contributed by atoms with Crippen molar-refractivity contribution in [2.24, 2.45) is 0 Å². The Bertz CT molecular complexity index is 1620. The fourth-order valence-corrected chi connectivity index (χ4v) is 4.25. The molecule has 0 aliphatic carbocycles. The third kappa shape index (κ3) is 8.30. The lowest BCUT2D eigenvalue weighted by molar-refractivity contribution is 0.0679. The van der Waals surface area contributed by atoms with Gasteiger partial charge in [-0.05, 0) is 72.8 Å². The maximum atomic E-state index is 11.7. The van der Waals surface area contributed by atoms with Gasteiger partial charge in [-0.2, -0.15) is 0 Å². The molecule has 228 valence electrons.